The number of nitro groups is 1. The van der Waals surface area contributed by atoms with E-state index in [-0.39, 0.29) is 22.4 Å². The minimum Gasteiger partial charge on any atom is -0.371 e. The van der Waals surface area contributed by atoms with E-state index in [0.29, 0.717) is 5.52 Å². The second kappa shape index (κ2) is 8.33. The molecule has 1 aliphatic heterocycles. The molecule has 144 valence electrons. The largest absolute Gasteiger partial charge is 0.371 e. The molecule has 1 amide bonds. The van der Waals surface area contributed by atoms with Gasteiger partial charge in [-0.15, -0.1) is 0 Å². The number of fused-ring (bicyclic) bond motifs is 1. The minimum absolute atomic E-state index is 0.0302. The zero-order chi connectivity index (χ0) is 19.4. The van der Waals surface area contributed by atoms with E-state index in [1.54, 1.807) is 6.07 Å². The number of carbonyl (C=O) groups is 1. The van der Waals surface area contributed by atoms with Gasteiger partial charge in [0.25, 0.3) is 5.69 Å². The van der Waals surface area contributed by atoms with Crippen LogP contribution in [0.25, 0.3) is 10.9 Å². The van der Waals surface area contributed by atoms with Gasteiger partial charge in [0.15, 0.2) is 5.52 Å². The third-order valence-corrected chi connectivity index (χ3v) is 5.16. The van der Waals surface area contributed by atoms with E-state index in [2.05, 4.69) is 22.1 Å². The first-order valence-corrected chi connectivity index (χ1v) is 9.58. The van der Waals surface area contributed by atoms with Crippen LogP contribution < -0.4 is 10.2 Å². The fourth-order valence-electron chi connectivity index (χ4n) is 3.66. The smallest absolute Gasteiger partial charge is 0.295 e. The monoisotopic (exact) mass is 370 g/mol. The van der Waals surface area contributed by atoms with Gasteiger partial charge in [-0.3, -0.25) is 14.9 Å². The normalized spacial score (nSPS) is 15.1. The summed E-state index contributed by atoms with van der Waals surface area (Å²) >= 11 is 0. The Morgan fingerprint density at radius 3 is 2.78 bits per heavy atom. The van der Waals surface area contributed by atoms with Crippen LogP contribution in [0.2, 0.25) is 0 Å². The Hall–Kier alpha value is -2.70. The molecule has 1 N–H and O–H groups in total. The highest BCUT2D eigenvalue weighted by Crippen LogP contribution is 2.34. The standard InChI is InChI=1S/C20H26N4O3/c1-3-4-10-21-20(25)15-8-11-23(12-9-15)18-13-14(2)22-19-16(18)6-5-7-17(19)24(26)27/h5-7,13,15H,3-4,8-12H2,1-2H3,(H,21,25). The van der Waals surface area contributed by atoms with E-state index in [0.717, 1.165) is 62.1 Å². The number of piperidine rings is 1. The first-order chi connectivity index (χ1) is 13.0. The number of nitro benzene ring substituents is 1. The third-order valence-electron chi connectivity index (χ3n) is 5.16. The van der Waals surface area contributed by atoms with Gasteiger partial charge in [0.2, 0.25) is 5.91 Å². The fourth-order valence-corrected chi connectivity index (χ4v) is 3.66. The molecule has 0 atom stereocenters. The predicted molar refractivity (Wildman–Crippen MR) is 106 cm³/mol. The van der Waals surface area contributed by atoms with Gasteiger partial charge in [-0.2, -0.15) is 0 Å². The Kier molecular flexibility index (Phi) is 5.88. The first-order valence-electron chi connectivity index (χ1n) is 9.58. The fraction of sp³-hybridized carbons (Fsp3) is 0.500. The van der Waals surface area contributed by atoms with Crippen LogP contribution in [-0.2, 0) is 4.79 Å². The van der Waals surface area contributed by atoms with Crippen LogP contribution in [0.4, 0.5) is 11.4 Å². The molecule has 1 aliphatic rings. The quantitative estimate of drug-likeness (QED) is 0.477. The van der Waals surface area contributed by atoms with Crippen molar-refractivity contribution in [2.24, 2.45) is 5.92 Å². The summed E-state index contributed by atoms with van der Waals surface area (Å²) in [5, 5.41) is 15.2. The van der Waals surface area contributed by atoms with Gasteiger partial charge in [0.1, 0.15) is 0 Å². The molecule has 0 bridgehead atoms. The van der Waals surface area contributed by atoms with Crippen LogP contribution >= 0.6 is 0 Å². The average Bonchev–Trinajstić information content (AvgIpc) is 2.67. The number of unbranched alkanes of at least 4 members (excludes halogenated alkanes) is 1. The average molecular weight is 370 g/mol. The molecule has 1 aromatic heterocycles. The molecule has 2 aromatic rings. The predicted octanol–water partition coefficient (Wildman–Crippen LogP) is 3.58. The van der Waals surface area contributed by atoms with Crippen LogP contribution in [0, 0.1) is 23.0 Å². The third kappa shape index (κ3) is 4.18. The molecule has 1 fully saturated rings. The molecule has 1 aromatic carbocycles. The second-order valence-corrected chi connectivity index (χ2v) is 7.12. The summed E-state index contributed by atoms with van der Waals surface area (Å²) in [6, 6.07) is 7.06. The number of amides is 1. The van der Waals surface area contributed by atoms with Crippen LogP contribution in [0.5, 0.6) is 0 Å². The van der Waals surface area contributed by atoms with Crippen LogP contribution in [0.15, 0.2) is 24.3 Å². The number of nitrogens with zero attached hydrogens (tertiary/aromatic N) is 3. The Morgan fingerprint density at radius 2 is 2.11 bits per heavy atom. The number of hydrogen-bond acceptors (Lipinski definition) is 5. The molecule has 7 heteroatoms. The highest BCUT2D eigenvalue weighted by atomic mass is 16.6. The number of hydrogen-bond donors (Lipinski definition) is 1. The number of para-hydroxylation sites is 1. The molecule has 0 unspecified atom stereocenters. The number of non-ortho nitro benzene ring substituents is 1. The minimum atomic E-state index is -0.384. The molecule has 0 radical (unpaired) electrons. The summed E-state index contributed by atoms with van der Waals surface area (Å²) in [7, 11) is 0. The maximum absolute atomic E-state index is 12.3. The van der Waals surface area contributed by atoms with Gasteiger partial charge in [0.05, 0.1) is 4.92 Å². The Balaban J connectivity index is 1.78. The van der Waals surface area contributed by atoms with E-state index >= 15 is 0 Å². The van der Waals surface area contributed by atoms with E-state index in [1.807, 2.05) is 19.1 Å². The van der Waals surface area contributed by atoms with Gasteiger partial charge in [-0.25, -0.2) is 4.98 Å². The van der Waals surface area contributed by atoms with E-state index in [1.165, 1.54) is 6.07 Å². The zero-order valence-electron chi connectivity index (χ0n) is 15.9. The van der Waals surface area contributed by atoms with Crippen LogP contribution in [0.3, 0.4) is 0 Å². The molecule has 0 spiro atoms. The van der Waals surface area contributed by atoms with Crippen molar-refractivity contribution in [1.29, 1.82) is 0 Å². The van der Waals surface area contributed by atoms with Crippen LogP contribution in [-0.4, -0.2) is 35.4 Å². The van der Waals surface area contributed by atoms with Gasteiger partial charge in [-0.1, -0.05) is 25.5 Å². The molecule has 0 saturated carbocycles. The van der Waals surface area contributed by atoms with E-state index < -0.39 is 0 Å². The lowest BCUT2D eigenvalue weighted by atomic mass is 9.95. The van der Waals surface area contributed by atoms with Gasteiger partial charge < -0.3 is 10.2 Å². The summed E-state index contributed by atoms with van der Waals surface area (Å²) in [4.78, 5) is 29.9. The van der Waals surface area contributed by atoms with Gasteiger partial charge in [0, 0.05) is 48.4 Å². The molecule has 27 heavy (non-hydrogen) atoms. The van der Waals surface area contributed by atoms with Crippen molar-refractivity contribution in [3.05, 3.63) is 40.1 Å². The lowest BCUT2D eigenvalue weighted by Gasteiger charge is -2.33. The van der Waals surface area contributed by atoms with Crippen LogP contribution in [0.1, 0.15) is 38.3 Å². The second-order valence-electron chi connectivity index (χ2n) is 7.12. The summed E-state index contributed by atoms with van der Waals surface area (Å²) in [5.41, 5.74) is 2.18. The Morgan fingerprint density at radius 1 is 1.37 bits per heavy atom. The molecular formula is C20H26N4O3. The number of rotatable bonds is 6. The lowest BCUT2D eigenvalue weighted by molar-refractivity contribution is -0.383. The number of benzene rings is 1. The molecule has 3 rings (SSSR count). The Labute approximate surface area is 158 Å². The molecule has 1 saturated heterocycles. The summed E-state index contributed by atoms with van der Waals surface area (Å²) in [6.07, 6.45) is 3.65. The number of carbonyl (C=O) groups excluding carboxylic acids is 1. The summed E-state index contributed by atoms with van der Waals surface area (Å²) in [6.45, 7) is 6.22. The number of anilines is 1. The van der Waals surface area contributed by atoms with E-state index in [4.69, 9.17) is 0 Å². The van der Waals surface area contributed by atoms with Crippen molar-refractivity contribution in [3.8, 4) is 0 Å². The highest BCUT2D eigenvalue weighted by molar-refractivity contribution is 5.97. The summed E-state index contributed by atoms with van der Waals surface area (Å²) < 4.78 is 0. The molecular weight excluding hydrogens is 344 g/mol. The molecule has 2 heterocycles. The van der Waals surface area contributed by atoms with Gasteiger partial charge >= 0.3 is 0 Å². The maximum atomic E-state index is 12.3. The number of aryl methyl sites for hydroxylation is 1. The number of nitrogens with one attached hydrogen (secondary N) is 1. The van der Waals surface area contributed by atoms with E-state index in [9.17, 15) is 14.9 Å². The first kappa shape index (κ1) is 19.1. The summed E-state index contributed by atoms with van der Waals surface area (Å²) in [5.74, 6) is 0.191. The maximum Gasteiger partial charge on any atom is 0.295 e. The number of pyridine rings is 1. The highest BCUT2D eigenvalue weighted by Gasteiger charge is 2.26. The zero-order valence-corrected chi connectivity index (χ0v) is 15.9. The van der Waals surface area contributed by atoms with Gasteiger partial charge in [-0.05, 0) is 32.3 Å². The van der Waals surface area contributed by atoms with Crippen molar-refractivity contribution >= 4 is 28.2 Å². The lowest BCUT2D eigenvalue weighted by Crippen LogP contribution is -2.40. The number of aromatic nitrogens is 1. The molecule has 7 nitrogen and oxygen atoms in total. The Bertz CT molecular complexity index is 844. The SMILES string of the molecule is CCCCNC(=O)C1CCN(c2cc(C)nc3c([N+](=O)[O-])cccc23)CC1. The van der Waals surface area contributed by atoms with Crippen molar-refractivity contribution < 1.29 is 9.72 Å². The topological polar surface area (TPSA) is 88.4 Å². The molecule has 0 aliphatic carbocycles. The van der Waals surface area contributed by atoms with Crippen molar-refractivity contribution in [2.75, 3.05) is 24.5 Å². The van der Waals surface area contributed by atoms with Crippen molar-refractivity contribution in [1.82, 2.24) is 10.3 Å². The van der Waals surface area contributed by atoms with Crippen molar-refractivity contribution in [3.63, 3.8) is 0 Å². The van der Waals surface area contributed by atoms with Crippen molar-refractivity contribution in [2.45, 2.75) is 39.5 Å².